The fraction of sp³-hybridized carbons (Fsp3) is 0.350. The van der Waals surface area contributed by atoms with Gasteiger partial charge in [-0.3, -0.25) is 4.79 Å². The number of halogens is 1. The van der Waals surface area contributed by atoms with Gasteiger partial charge >= 0.3 is 0 Å². The van der Waals surface area contributed by atoms with E-state index in [0.29, 0.717) is 36.1 Å². The van der Waals surface area contributed by atoms with Gasteiger partial charge in [-0.1, -0.05) is 41.9 Å². The van der Waals surface area contributed by atoms with Gasteiger partial charge in [-0.2, -0.15) is 0 Å². The lowest BCUT2D eigenvalue weighted by Gasteiger charge is -2.13. The highest BCUT2D eigenvalue weighted by atomic mass is 35.5. The van der Waals surface area contributed by atoms with E-state index in [0.717, 1.165) is 18.4 Å². The molecule has 0 aliphatic heterocycles. The Morgan fingerprint density at radius 1 is 1.16 bits per heavy atom. The van der Waals surface area contributed by atoms with E-state index >= 15 is 0 Å². The predicted molar refractivity (Wildman–Crippen MR) is 100 cm³/mol. The highest BCUT2D eigenvalue weighted by molar-refractivity contribution is 6.32. The summed E-state index contributed by atoms with van der Waals surface area (Å²) in [6.07, 6.45) is 2.22. The van der Waals surface area contributed by atoms with Gasteiger partial charge < -0.3 is 14.8 Å². The van der Waals surface area contributed by atoms with Crippen LogP contribution in [0.25, 0.3) is 0 Å². The zero-order valence-corrected chi connectivity index (χ0v) is 15.4. The van der Waals surface area contributed by atoms with Crippen LogP contribution in [0.5, 0.6) is 11.5 Å². The lowest BCUT2D eigenvalue weighted by Crippen LogP contribution is -2.22. The molecule has 134 valence electrons. The number of benzene rings is 2. The van der Waals surface area contributed by atoms with Crippen LogP contribution in [0.3, 0.4) is 0 Å². The molecule has 0 radical (unpaired) electrons. The monoisotopic (exact) mass is 361 g/mol. The number of carbonyl (C=O) groups excluding carboxylic acids is 1. The number of carbonyl (C=O) groups is 1. The second kappa shape index (κ2) is 9.94. The summed E-state index contributed by atoms with van der Waals surface area (Å²) in [4.78, 5) is 12.0. The van der Waals surface area contributed by atoms with Crippen LogP contribution in [0.1, 0.15) is 30.9 Å². The first-order valence-electron chi connectivity index (χ1n) is 8.43. The first kappa shape index (κ1) is 19.1. The molecule has 25 heavy (non-hydrogen) atoms. The third kappa shape index (κ3) is 5.98. The third-order valence-electron chi connectivity index (χ3n) is 3.78. The first-order chi connectivity index (χ1) is 12.1. The van der Waals surface area contributed by atoms with E-state index in [1.54, 1.807) is 13.2 Å². The smallest absolute Gasteiger partial charge is 0.220 e. The topological polar surface area (TPSA) is 47.6 Å². The number of rotatable bonds is 9. The third-order valence-corrected chi connectivity index (χ3v) is 4.06. The van der Waals surface area contributed by atoms with Crippen LogP contribution in [0, 0.1) is 0 Å². The number of hydrogen-bond donors (Lipinski definition) is 1. The van der Waals surface area contributed by atoms with Crippen LogP contribution in [0.4, 0.5) is 0 Å². The molecule has 2 rings (SSSR count). The lowest BCUT2D eigenvalue weighted by atomic mass is 10.1. The van der Waals surface area contributed by atoms with Crippen LogP contribution in [-0.4, -0.2) is 19.6 Å². The Kier molecular flexibility index (Phi) is 7.61. The van der Waals surface area contributed by atoms with Crippen molar-refractivity contribution >= 4 is 17.5 Å². The zero-order valence-electron chi connectivity index (χ0n) is 14.7. The molecular formula is C20H24ClNO3. The van der Waals surface area contributed by atoms with Gasteiger partial charge in [0.2, 0.25) is 5.91 Å². The molecule has 4 nitrogen and oxygen atoms in total. The van der Waals surface area contributed by atoms with Crippen molar-refractivity contribution < 1.29 is 14.3 Å². The summed E-state index contributed by atoms with van der Waals surface area (Å²) in [5.41, 5.74) is 2.13. The van der Waals surface area contributed by atoms with E-state index in [4.69, 9.17) is 21.1 Å². The van der Waals surface area contributed by atoms with Crippen LogP contribution in [0.15, 0.2) is 42.5 Å². The average molecular weight is 362 g/mol. The van der Waals surface area contributed by atoms with E-state index in [1.807, 2.05) is 31.2 Å². The van der Waals surface area contributed by atoms with E-state index in [9.17, 15) is 4.79 Å². The summed E-state index contributed by atoms with van der Waals surface area (Å²) < 4.78 is 10.8. The van der Waals surface area contributed by atoms with Crippen molar-refractivity contribution in [3.8, 4) is 11.5 Å². The molecule has 0 saturated carbocycles. The Balaban J connectivity index is 1.83. The van der Waals surface area contributed by atoms with Crippen molar-refractivity contribution in [3.63, 3.8) is 0 Å². The molecule has 0 aliphatic carbocycles. The SMILES string of the molecule is CCOc1c(Cl)cc(CNC(=O)CCCc2ccccc2)cc1OC. The molecule has 5 heteroatoms. The molecular weight excluding hydrogens is 338 g/mol. The summed E-state index contributed by atoms with van der Waals surface area (Å²) in [7, 11) is 1.57. The lowest BCUT2D eigenvalue weighted by molar-refractivity contribution is -0.121. The number of amides is 1. The molecule has 0 aromatic heterocycles. The van der Waals surface area contributed by atoms with Crippen molar-refractivity contribution in [2.45, 2.75) is 32.7 Å². The van der Waals surface area contributed by atoms with Gasteiger partial charge in [0, 0.05) is 13.0 Å². The van der Waals surface area contributed by atoms with E-state index in [1.165, 1.54) is 5.56 Å². The summed E-state index contributed by atoms with van der Waals surface area (Å²) in [6.45, 7) is 2.81. The van der Waals surface area contributed by atoms with Crippen molar-refractivity contribution in [3.05, 3.63) is 58.6 Å². The highest BCUT2D eigenvalue weighted by Crippen LogP contribution is 2.36. The minimum absolute atomic E-state index is 0.0277. The fourth-order valence-corrected chi connectivity index (χ4v) is 2.83. The maximum atomic E-state index is 12.0. The van der Waals surface area contributed by atoms with Crippen LogP contribution in [-0.2, 0) is 17.8 Å². The number of ether oxygens (including phenoxy) is 2. The minimum atomic E-state index is 0.0277. The summed E-state index contributed by atoms with van der Waals surface area (Å²) in [5.74, 6) is 1.13. The summed E-state index contributed by atoms with van der Waals surface area (Å²) >= 11 is 6.24. The molecule has 0 unspecified atom stereocenters. The molecule has 1 N–H and O–H groups in total. The molecule has 0 aliphatic rings. The second-order valence-corrected chi connectivity index (χ2v) is 6.07. The van der Waals surface area contributed by atoms with Crippen LogP contribution in [0.2, 0.25) is 5.02 Å². The Bertz CT molecular complexity index is 689. The number of nitrogens with one attached hydrogen (secondary N) is 1. The number of methoxy groups -OCH3 is 1. The number of hydrogen-bond acceptors (Lipinski definition) is 3. The fourth-order valence-electron chi connectivity index (χ4n) is 2.55. The van der Waals surface area contributed by atoms with E-state index in [2.05, 4.69) is 17.4 Å². The largest absolute Gasteiger partial charge is 0.493 e. The van der Waals surface area contributed by atoms with E-state index < -0.39 is 0 Å². The van der Waals surface area contributed by atoms with Crippen molar-refractivity contribution in [2.75, 3.05) is 13.7 Å². The maximum absolute atomic E-state index is 12.0. The Labute approximate surface area is 154 Å². The molecule has 2 aromatic carbocycles. The van der Waals surface area contributed by atoms with Crippen LogP contribution >= 0.6 is 11.6 Å². The van der Waals surface area contributed by atoms with Gasteiger partial charge in [0.1, 0.15) is 0 Å². The maximum Gasteiger partial charge on any atom is 0.220 e. The Morgan fingerprint density at radius 2 is 1.92 bits per heavy atom. The van der Waals surface area contributed by atoms with Gasteiger partial charge in [-0.25, -0.2) is 0 Å². The molecule has 2 aromatic rings. The second-order valence-electron chi connectivity index (χ2n) is 5.66. The van der Waals surface area contributed by atoms with E-state index in [-0.39, 0.29) is 5.91 Å². The van der Waals surface area contributed by atoms with Crippen molar-refractivity contribution in [2.24, 2.45) is 0 Å². The average Bonchev–Trinajstić information content (AvgIpc) is 2.62. The standard InChI is InChI=1S/C20H24ClNO3/c1-3-25-20-17(21)12-16(13-18(20)24-2)14-22-19(23)11-7-10-15-8-5-4-6-9-15/h4-6,8-9,12-13H,3,7,10-11,14H2,1-2H3,(H,22,23). The zero-order chi connectivity index (χ0) is 18.1. The molecule has 0 atom stereocenters. The van der Waals surface area contributed by atoms with Crippen LogP contribution < -0.4 is 14.8 Å². The molecule has 1 amide bonds. The van der Waals surface area contributed by atoms with Crippen molar-refractivity contribution in [1.29, 1.82) is 0 Å². The normalized spacial score (nSPS) is 10.4. The molecule has 0 spiro atoms. The van der Waals surface area contributed by atoms with Crippen molar-refractivity contribution in [1.82, 2.24) is 5.32 Å². The molecule has 0 saturated heterocycles. The quantitative estimate of drug-likeness (QED) is 0.720. The first-order valence-corrected chi connectivity index (χ1v) is 8.81. The minimum Gasteiger partial charge on any atom is -0.493 e. The predicted octanol–water partition coefficient (Wildman–Crippen LogP) is 4.39. The molecule has 0 fully saturated rings. The highest BCUT2D eigenvalue weighted by Gasteiger charge is 2.12. The Hall–Kier alpha value is -2.20. The molecule has 0 heterocycles. The summed E-state index contributed by atoms with van der Waals surface area (Å²) in [6, 6.07) is 13.8. The van der Waals surface area contributed by atoms with Gasteiger partial charge in [0.25, 0.3) is 0 Å². The van der Waals surface area contributed by atoms with Gasteiger partial charge in [-0.15, -0.1) is 0 Å². The summed E-state index contributed by atoms with van der Waals surface area (Å²) in [5, 5.41) is 3.40. The molecule has 0 bridgehead atoms. The van der Waals surface area contributed by atoms with Gasteiger partial charge in [0.05, 0.1) is 18.7 Å². The van der Waals surface area contributed by atoms with Gasteiger partial charge in [0.15, 0.2) is 11.5 Å². The Morgan fingerprint density at radius 3 is 2.60 bits per heavy atom. The van der Waals surface area contributed by atoms with Gasteiger partial charge in [-0.05, 0) is 43.0 Å². The number of aryl methyl sites for hydroxylation is 1.